The van der Waals surface area contributed by atoms with E-state index in [1.165, 1.54) is 55.9 Å². The van der Waals surface area contributed by atoms with E-state index in [1.54, 1.807) is 0 Å². The number of rotatable bonds is 5. The van der Waals surface area contributed by atoms with Crippen molar-refractivity contribution in [1.82, 2.24) is 10.2 Å². The van der Waals surface area contributed by atoms with Crippen LogP contribution in [0.4, 0.5) is 0 Å². The van der Waals surface area contributed by atoms with Gasteiger partial charge in [0.25, 0.3) is 5.22 Å². The molecule has 0 aliphatic heterocycles. The third kappa shape index (κ3) is 3.12. The van der Waals surface area contributed by atoms with E-state index in [9.17, 15) is 4.79 Å². The van der Waals surface area contributed by atoms with Crippen LogP contribution in [0.5, 0.6) is 0 Å². The summed E-state index contributed by atoms with van der Waals surface area (Å²) in [5.74, 6) is 3.86. The van der Waals surface area contributed by atoms with Crippen LogP contribution in [0.2, 0.25) is 0 Å². The molecule has 2 aromatic rings. The predicted octanol–water partition coefficient (Wildman–Crippen LogP) is 5.44. The van der Waals surface area contributed by atoms with Gasteiger partial charge in [-0.3, -0.25) is 4.79 Å². The Morgan fingerprint density at radius 1 is 1.04 bits per heavy atom. The number of thioether (sulfide) groups is 1. The van der Waals surface area contributed by atoms with Crippen molar-refractivity contribution in [3.63, 3.8) is 0 Å². The molecular formula is C23H28N2O2S. The summed E-state index contributed by atoms with van der Waals surface area (Å²) in [6, 6.07) is 4.14. The lowest BCUT2D eigenvalue weighted by molar-refractivity contribution is -0.0191. The molecule has 4 bridgehead atoms. The maximum Gasteiger partial charge on any atom is 0.277 e. The molecule has 1 heterocycles. The van der Waals surface area contributed by atoms with Gasteiger partial charge in [0, 0.05) is 11.0 Å². The van der Waals surface area contributed by atoms with Gasteiger partial charge in [-0.25, -0.2) is 0 Å². The van der Waals surface area contributed by atoms with Gasteiger partial charge in [-0.15, -0.1) is 10.2 Å². The molecule has 0 N–H and O–H groups in total. The van der Waals surface area contributed by atoms with Crippen molar-refractivity contribution in [1.29, 1.82) is 0 Å². The van der Waals surface area contributed by atoms with Crippen molar-refractivity contribution in [3.05, 3.63) is 40.3 Å². The van der Waals surface area contributed by atoms with E-state index < -0.39 is 0 Å². The lowest BCUT2D eigenvalue weighted by atomic mass is 9.49. The van der Waals surface area contributed by atoms with Gasteiger partial charge in [0.05, 0.1) is 5.75 Å². The number of carbonyl (C=O) groups excluding carboxylic acids is 1. The van der Waals surface area contributed by atoms with Crippen molar-refractivity contribution < 1.29 is 9.21 Å². The van der Waals surface area contributed by atoms with Crippen LogP contribution in [0.15, 0.2) is 21.8 Å². The summed E-state index contributed by atoms with van der Waals surface area (Å²) in [6.45, 7) is 6.08. The number of Topliss-reactive ketones (excluding diaryl/α,β-unsaturated/α-hetero) is 1. The van der Waals surface area contributed by atoms with Crippen LogP contribution < -0.4 is 0 Å². The predicted molar refractivity (Wildman–Crippen MR) is 110 cm³/mol. The number of hydrogen-bond acceptors (Lipinski definition) is 5. The number of aromatic nitrogens is 2. The summed E-state index contributed by atoms with van der Waals surface area (Å²) < 4.78 is 6.12. The maximum absolute atomic E-state index is 12.8. The molecule has 4 aliphatic carbocycles. The number of carbonyl (C=O) groups is 1. The summed E-state index contributed by atoms with van der Waals surface area (Å²) >= 11 is 1.38. The molecule has 4 fully saturated rings. The molecule has 0 spiro atoms. The Kier molecular flexibility index (Phi) is 4.42. The fourth-order valence-electron chi connectivity index (χ4n) is 6.67. The second-order valence-electron chi connectivity index (χ2n) is 9.56. The zero-order valence-corrected chi connectivity index (χ0v) is 17.8. The van der Waals surface area contributed by atoms with Crippen LogP contribution in [0.3, 0.4) is 0 Å². The molecule has 4 aliphatic rings. The summed E-state index contributed by atoms with van der Waals surface area (Å²) in [7, 11) is 0. The normalized spacial score (nSPS) is 30.8. The van der Waals surface area contributed by atoms with Crippen LogP contribution in [0.25, 0.3) is 0 Å². The molecule has 0 amide bonds. The molecule has 0 atom stereocenters. The minimum absolute atomic E-state index is 0.120. The summed E-state index contributed by atoms with van der Waals surface area (Å²) in [5.41, 5.74) is 4.23. The highest BCUT2D eigenvalue weighted by Gasteiger charge is 2.54. The number of ketones is 1. The molecular weight excluding hydrogens is 368 g/mol. The van der Waals surface area contributed by atoms with Gasteiger partial charge in [0.2, 0.25) is 5.89 Å². The maximum atomic E-state index is 12.8. The van der Waals surface area contributed by atoms with Crippen molar-refractivity contribution in [2.75, 3.05) is 5.75 Å². The van der Waals surface area contributed by atoms with Gasteiger partial charge >= 0.3 is 0 Å². The van der Waals surface area contributed by atoms with Gasteiger partial charge in [0.15, 0.2) is 5.78 Å². The van der Waals surface area contributed by atoms with Crippen molar-refractivity contribution in [2.24, 2.45) is 17.8 Å². The highest BCUT2D eigenvalue weighted by Crippen LogP contribution is 2.60. The first-order valence-corrected chi connectivity index (χ1v) is 11.5. The van der Waals surface area contributed by atoms with E-state index in [1.807, 2.05) is 13.8 Å². The number of benzene rings is 1. The Morgan fingerprint density at radius 3 is 2.18 bits per heavy atom. The zero-order valence-electron chi connectivity index (χ0n) is 17.0. The second-order valence-corrected chi connectivity index (χ2v) is 10.5. The zero-order chi connectivity index (χ0) is 19.5. The Hall–Kier alpha value is -1.62. The molecule has 1 aromatic carbocycles. The average molecular weight is 397 g/mol. The van der Waals surface area contributed by atoms with Crippen LogP contribution in [0.1, 0.15) is 71.5 Å². The number of aryl methyl sites for hydroxylation is 3. The monoisotopic (exact) mass is 396 g/mol. The van der Waals surface area contributed by atoms with E-state index in [-0.39, 0.29) is 11.2 Å². The molecule has 0 radical (unpaired) electrons. The van der Waals surface area contributed by atoms with E-state index in [0.29, 0.717) is 11.0 Å². The van der Waals surface area contributed by atoms with Gasteiger partial charge in [-0.2, -0.15) is 0 Å². The van der Waals surface area contributed by atoms with Crippen LogP contribution in [-0.4, -0.2) is 21.7 Å². The topological polar surface area (TPSA) is 56.0 Å². The Bertz CT molecular complexity index is 874. The molecule has 0 saturated heterocycles. The Morgan fingerprint density at radius 2 is 1.61 bits per heavy atom. The lowest BCUT2D eigenvalue weighted by Gasteiger charge is -2.55. The van der Waals surface area contributed by atoms with Gasteiger partial charge in [0.1, 0.15) is 0 Å². The molecule has 1 aromatic heterocycles. The van der Waals surface area contributed by atoms with Crippen LogP contribution in [-0.2, 0) is 5.41 Å². The fraction of sp³-hybridized carbons (Fsp3) is 0.609. The fourth-order valence-corrected chi connectivity index (χ4v) is 7.31. The lowest BCUT2D eigenvalue weighted by Crippen LogP contribution is -2.48. The third-order valence-electron chi connectivity index (χ3n) is 7.18. The third-order valence-corrected chi connectivity index (χ3v) is 8.00. The largest absolute Gasteiger partial charge is 0.415 e. The summed E-state index contributed by atoms with van der Waals surface area (Å²) in [4.78, 5) is 12.8. The summed E-state index contributed by atoms with van der Waals surface area (Å²) in [5, 5.41) is 9.29. The van der Waals surface area contributed by atoms with Crippen LogP contribution >= 0.6 is 11.8 Å². The summed E-state index contributed by atoms with van der Waals surface area (Å²) in [6.07, 6.45) is 7.85. The first-order valence-electron chi connectivity index (χ1n) is 10.5. The van der Waals surface area contributed by atoms with Crippen LogP contribution in [0, 0.1) is 38.5 Å². The van der Waals surface area contributed by atoms with E-state index in [4.69, 9.17) is 4.42 Å². The Labute approximate surface area is 170 Å². The smallest absolute Gasteiger partial charge is 0.277 e. The number of nitrogens with zero attached hydrogens (tertiary/aromatic N) is 2. The first kappa shape index (κ1) is 18.4. The van der Waals surface area contributed by atoms with Gasteiger partial charge < -0.3 is 4.42 Å². The molecule has 6 rings (SSSR count). The SMILES string of the molecule is Cc1cc(C)c(C(=O)CSc2nnc(C34CC5CC(CC(C5)C3)C4)o2)c(C)c1. The Balaban J connectivity index is 1.30. The molecule has 4 saturated carbocycles. The molecule has 148 valence electrons. The average Bonchev–Trinajstić information content (AvgIpc) is 3.08. The van der Waals surface area contributed by atoms with E-state index >= 15 is 0 Å². The standard InChI is InChI=1S/C23H28N2O2S/c1-13-4-14(2)20(15(3)5-13)19(26)12-28-22-25-24-21(27-22)23-9-16-6-17(10-23)8-18(7-16)11-23/h4-5,16-18H,6-12H2,1-3H3. The van der Waals surface area contributed by atoms with Gasteiger partial charge in [-0.05, 0) is 88.2 Å². The molecule has 4 nitrogen and oxygen atoms in total. The van der Waals surface area contributed by atoms with Crippen molar-refractivity contribution in [2.45, 2.75) is 69.9 Å². The second kappa shape index (κ2) is 6.72. The van der Waals surface area contributed by atoms with Crippen molar-refractivity contribution >= 4 is 17.5 Å². The minimum Gasteiger partial charge on any atom is -0.415 e. The van der Waals surface area contributed by atoms with E-state index in [2.05, 4.69) is 29.3 Å². The first-order chi connectivity index (χ1) is 13.4. The molecule has 28 heavy (non-hydrogen) atoms. The van der Waals surface area contributed by atoms with Gasteiger partial charge in [-0.1, -0.05) is 29.5 Å². The van der Waals surface area contributed by atoms with Crippen molar-refractivity contribution in [3.8, 4) is 0 Å². The quantitative estimate of drug-likeness (QED) is 0.498. The number of hydrogen-bond donors (Lipinski definition) is 0. The molecule has 5 heteroatoms. The minimum atomic E-state index is 0.120. The van der Waals surface area contributed by atoms with E-state index in [0.717, 1.165) is 40.3 Å². The molecule has 0 unspecified atom stereocenters. The highest BCUT2D eigenvalue weighted by atomic mass is 32.2. The highest BCUT2D eigenvalue weighted by molar-refractivity contribution is 7.99.